The van der Waals surface area contributed by atoms with E-state index >= 15 is 0 Å². The molecule has 0 fully saturated rings. The number of rotatable bonds is 7. The van der Waals surface area contributed by atoms with E-state index in [-0.39, 0.29) is 28.4 Å². The van der Waals surface area contributed by atoms with Crippen molar-refractivity contribution in [3.8, 4) is 6.07 Å². The maximum absolute atomic E-state index is 14.7. The van der Waals surface area contributed by atoms with Crippen LogP contribution in [-0.4, -0.2) is 24.7 Å². The van der Waals surface area contributed by atoms with Gasteiger partial charge in [-0.05, 0) is 31.0 Å². The first-order valence-electron chi connectivity index (χ1n) is 10.4. The molecule has 0 saturated heterocycles. The first-order chi connectivity index (χ1) is 15.9. The van der Waals surface area contributed by atoms with E-state index in [2.05, 4.69) is 16.7 Å². The molecule has 0 aliphatic carbocycles. The largest absolute Gasteiger partial charge is 0.466 e. The van der Waals surface area contributed by atoms with Crippen LogP contribution < -0.4 is 10.6 Å². The molecule has 2 aromatic carbocycles. The lowest BCUT2D eigenvalue weighted by Gasteiger charge is -2.29. The van der Waals surface area contributed by atoms with Gasteiger partial charge in [0.2, 0.25) is 5.91 Å². The monoisotopic (exact) mass is 465 g/mol. The summed E-state index contributed by atoms with van der Waals surface area (Å²) in [7, 11) is 1.24. The Morgan fingerprint density at radius 1 is 1.21 bits per heavy atom. The highest BCUT2D eigenvalue weighted by Gasteiger charge is 2.36. The number of esters is 1. The Labute approximate surface area is 196 Å². The van der Waals surface area contributed by atoms with Crippen LogP contribution in [0.2, 0.25) is 0 Å². The average molecular weight is 466 g/mol. The third-order valence-corrected chi connectivity index (χ3v) is 6.31. The molecule has 2 N–H and O–H groups in total. The fraction of sp³-hybridized carbons (Fsp3) is 0.240. The lowest BCUT2D eigenvalue weighted by molar-refractivity contribution is -0.136. The number of hydrogen-bond donors (Lipinski definition) is 2. The highest BCUT2D eigenvalue weighted by molar-refractivity contribution is 8.03. The van der Waals surface area contributed by atoms with Gasteiger partial charge < -0.3 is 15.4 Å². The normalized spacial score (nSPS) is 15.5. The number of thioether (sulfide) groups is 1. The molecule has 0 saturated carbocycles. The molecular weight excluding hydrogens is 441 g/mol. The number of carbonyl (C=O) groups is 2. The Hall–Kier alpha value is -3.57. The fourth-order valence-corrected chi connectivity index (χ4v) is 4.59. The molecule has 33 heavy (non-hydrogen) atoms. The summed E-state index contributed by atoms with van der Waals surface area (Å²) in [5, 5.41) is 16.3. The zero-order valence-corrected chi connectivity index (χ0v) is 19.4. The van der Waals surface area contributed by atoms with Crippen LogP contribution >= 0.6 is 11.8 Å². The molecule has 0 unspecified atom stereocenters. The molecule has 0 radical (unpaired) electrons. The first-order valence-corrected chi connectivity index (χ1v) is 11.3. The lowest BCUT2D eigenvalue weighted by Crippen LogP contribution is -2.29. The molecule has 1 aliphatic rings. The van der Waals surface area contributed by atoms with Crippen molar-refractivity contribution in [3.63, 3.8) is 0 Å². The Balaban J connectivity index is 1.91. The fourth-order valence-electron chi connectivity index (χ4n) is 3.70. The number of nitriles is 1. The molecule has 3 rings (SSSR count). The summed E-state index contributed by atoms with van der Waals surface area (Å²) in [6.45, 7) is 3.67. The number of benzene rings is 2. The van der Waals surface area contributed by atoms with Crippen molar-refractivity contribution in [3.05, 3.63) is 87.3 Å². The molecule has 8 heteroatoms. The van der Waals surface area contributed by atoms with Gasteiger partial charge in [0.15, 0.2) is 0 Å². The highest BCUT2D eigenvalue weighted by Crippen LogP contribution is 2.41. The van der Waals surface area contributed by atoms with Crippen molar-refractivity contribution in [2.45, 2.75) is 26.2 Å². The van der Waals surface area contributed by atoms with Crippen LogP contribution in [-0.2, 0) is 20.7 Å². The number of halogens is 1. The number of para-hydroxylation sites is 1. The summed E-state index contributed by atoms with van der Waals surface area (Å²) in [6, 6.07) is 15.7. The van der Waals surface area contributed by atoms with Gasteiger partial charge in [0, 0.05) is 16.9 Å². The second kappa shape index (κ2) is 10.8. The molecule has 2 aromatic rings. The second-order valence-electron chi connectivity index (χ2n) is 7.31. The number of ether oxygens (including phenoxy) is 1. The topological polar surface area (TPSA) is 91.2 Å². The Bertz CT molecular complexity index is 1180. The maximum Gasteiger partial charge on any atom is 0.336 e. The van der Waals surface area contributed by atoms with Gasteiger partial charge in [-0.25, -0.2) is 9.18 Å². The van der Waals surface area contributed by atoms with E-state index < -0.39 is 17.7 Å². The van der Waals surface area contributed by atoms with Gasteiger partial charge in [0.05, 0.1) is 41.0 Å². The van der Waals surface area contributed by atoms with Gasteiger partial charge in [0.1, 0.15) is 5.82 Å². The van der Waals surface area contributed by atoms with Crippen LogP contribution in [0.3, 0.4) is 0 Å². The number of hydrogen-bond acceptors (Lipinski definition) is 6. The van der Waals surface area contributed by atoms with Gasteiger partial charge in [-0.1, -0.05) is 55.1 Å². The van der Waals surface area contributed by atoms with Crippen LogP contribution in [0, 0.1) is 17.1 Å². The van der Waals surface area contributed by atoms with Crippen LogP contribution in [0.25, 0.3) is 0 Å². The Morgan fingerprint density at radius 2 is 1.91 bits per heavy atom. The molecule has 1 atom stereocenters. The predicted octanol–water partition coefficient (Wildman–Crippen LogP) is 4.63. The third-order valence-electron chi connectivity index (χ3n) is 5.29. The average Bonchev–Trinajstić information content (AvgIpc) is 2.82. The first kappa shape index (κ1) is 24.1. The quantitative estimate of drug-likeness (QED) is 0.580. The summed E-state index contributed by atoms with van der Waals surface area (Å²) in [5.41, 5.74) is 2.69. The van der Waals surface area contributed by atoms with Gasteiger partial charge in [-0.2, -0.15) is 5.26 Å². The minimum absolute atomic E-state index is 0.0242. The van der Waals surface area contributed by atoms with Crippen LogP contribution in [0.1, 0.15) is 30.9 Å². The molecule has 1 amide bonds. The van der Waals surface area contributed by atoms with Crippen molar-refractivity contribution in [1.29, 1.82) is 5.26 Å². The van der Waals surface area contributed by atoms with E-state index in [0.29, 0.717) is 10.7 Å². The van der Waals surface area contributed by atoms with Crippen LogP contribution in [0.4, 0.5) is 10.1 Å². The summed E-state index contributed by atoms with van der Waals surface area (Å²) < 4.78 is 19.6. The van der Waals surface area contributed by atoms with Crippen LogP contribution in [0.5, 0.6) is 0 Å². The lowest BCUT2D eigenvalue weighted by atomic mass is 9.82. The third kappa shape index (κ3) is 5.26. The van der Waals surface area contributed by atoms with Crippen molar-refractivity contribution in [2.24, 2.45) is 0 Å². The summed E-state index contributed by atoms with van der Waals surface area (Å²) in [5.74, 6) is -2.36. The van der Waals surface area contributed by atoms with E-state index in [1.165, 1.54) is 25.3 Å². The van der Waals surface area contributed by atoms with E-state index in [1.807, 2.05) is 31.2 Å². The van der Waals surface area contributed by atoms with Crippen molar-refractivity contribution >= 4 is 29.3 Å². The van der Waals surface area contributed by atoms with Crippen LogP contribution in [0.15, 0.2) is 70.4 Å². The van der Waals surface area contributed by atoms with E-state index in [4.69, 9.17) is 4.74 Å². The molecule has 1 heterocycles. The zero-order valence-electron chi connectivity index (χ0n) is 18.6. The van der Waals surface area contributed by atoms with Crippen molar-refractivity contribution in [1.82, 2.24) is 5.32 Å². The van der Waals surface area contributed by atoms with Gasteiger partial charge in [0.25, 0.3) is 0 Å². The van der Waals surface area contributed by atoms with Gasteiger partial charge >= 0.3 is 5.97 Å². The predicted molar refractivity (Wildman–Crippen MR) is 127 cm³/mol. The number of aryl methyl sites for hydroxylation is 1. The zero-order chi connectivity index (χ0) is 24.0. The molecule has 0 bridgehead atoms. The number of nitrogens with zero attached hydrogens (tertiary/aromatic N) is 1. The smallest absolute Gasteiger partial charge is 0.336 e. The standard InChI is InChI=1S/C25H24FN3O3S/c1-4-16-9-5-8-12-20(16)29-21(30)14-33-24-18(13-27)23(17-10-6-7-11-19(17)26)22(15(2)28-24)25(31)32-3/h5-12,23,28H,4,14H2,1-3H3,(H,29,30)/t23-/m1/s1. The van der Waals surface area contributed by atoms with Gasteiger partial charge in [-0.3, -0.25) is 4.79 Å². The number of carbonyl (C=O) groups excluding carboxylic acids is 2. The van der Waals surface area contributed by atoms with E-state index in [9.17, 15) is 19.2 Å². The highest BCUT2D eigenvalue weighted by atomic mass is 32.2. The number of nitrogens with one attached hydrogen (secondary N) is 2. The summed E-state index contributed by atoms with van der Waals surface area (Å²) in [4.78, 5) is 25.1. The molecule has 0 spiro atoms. The molecule has 170 valence electrons. The van der Waals surface area contributed by atoms with Crippen molar-refractivity contribution in [2.75, 3.05) is 18.2 Å². The maximum atomic E-state index is 14.7. The van der Waals surface area contributed by atoms with E-state index in [0.717, 1.165) is 29.4 Å². The number of allylic oxidation sites excluding steroid dienone is 2. The minimum Gasteiger partial charge on any atom is -0.466 e. The van der Waals surface area contributed by atoms with E-state index in [1.54, 1.807) is 13.0 Å². The Kier molecular flexibility index (Phi) is 7.91. The molecule has 0 aromatic heterocycles. The number of methoxy groups -OCH3 is 1. The second-order valence-corrected chi connectivity index (χ2v) is 8.30. The summed E-state index contributed by atoms with van der Waals surface area (Å²) >= 11 is 1.13. The SMILES string of the molecule is CCc1ccccc1NC(=O)CSC1=C(C#N)[C@@H](c2ccccc2F)C(C(=O)OC)=C(C)N1. The van der Waals surface area contributed by atoms with Gasteiger partial charge in [-0.15, -0.1) is 0 Å². The molecule has 1 aliphatic heterocycles. The molecular formula is C25H24FN3O3S. The minimum atomic E-state index is -0.948. The number of dihydropyridines is 1. The Morgan fingerprint density at radius 3 is 2.58 bits per heavy atom. The number of anilines is 1. The molecule has 6 nitrogen and oxygen atoms in total. The number of amides is 1. The summed E-state index contributed by atoms with van der Waals surface area (Å²) in [6.07, 6.45) is 0.777. The van der Waals surface area contributed by atoms with Crippen molar-refractivity contribution < 1.29 is 18.7 Å².